The number of halogens is 2. The van der Waals surface area contributed by atoms with E-state index in [9.17, 15) is 26.8 Å². The second kappa shape index (κ2) is 8.40. The Morgan fingerprint density at radius 2 is 1.80 bits per heavy atom. The van der Waals surface area contributed by atoms with E-state index in [4.69, 9.17) is 10.5 Å². The Labute approximate surface area is 171 Å². The zero-order valence-electron chi connectivity index (χ0n) is 16.0. The number of primary amides is 1. The molecule has 0 spiro atoms. The number of hydrogen-bond acceptors (Lipinski definition) is 5. The zero-order chi connectivity index (χ0) is 22.1. The van der Waals surface area contributed by atoms with Crippen LogP contribution in [0.4, 0.5) is 8.78 Å². The maximum absolute atomic E-state index is 13.6. The number of rotatable bonds is 6. The number of nitrogens with zero attached hydrogens (tertiary/aromatic N) is 3. The van der Waals surface area contributed by atoms with Gasteiger partial charge in [-0.15, -0.1) is 0 Å². The molecule has 12 heteroatoms. The molecule has 1 saturated heterocycles. The number of carbonyl (C=O) groups is 2. The van der Waals surface area contributed by atoms with E-state index in [0.717, 1.165) is 12.1 Å². The van der Waals surface area contributed by atoms with Gasteiger partial charge in [-0.2, -0.15) is 4.31 Å². The molecule has 1 aromatic carbocycles. The predicted molar refractivity (Wildman–Crippen MR) is 101 cm³/mol. The molecule has 0 atom stereocenters. The van der Waals surface area contributed by atoms with Gasteiger partial charge in [-0.25, -0.2) is 17.2 Å². The van der Waals surface area contributed by atoms with Gasteiger partial charge in [0.1, 0.15) is 16.4 Å². The summed E-state index contributed by atoms with van der Waals surface area (Å²) >= 11 is 0. The van der Waals surface area contributed by atoms with Gasteiger partial charge in [-0.1, -0.05) is 0 Å². The van der Waals surface area contributed by atoms with Crippen molar-refractivity contribution in [3.8, 4) is 5.75 Å². The van der Waals surface area contributed by atoms with E-state index in [1.165, 1.54) is 33.1 Å². The monoisotopic (exact) mass is 442 g/mol. The second-order valence-corrected chi connectivity index (χ2v) is 8.62. The molecule has 30 heavy (non-hydrogen) atoms. The van der Waals surface area contributed by atoms with Gasteiger partial charge in [0.05, 0.1) is 0 Å². The molecule has 2 N–H and O–H groups in total. The van der Waals surface area contributed by atoms with Gasteiger partial charge >= 0.3 is 0 Å². The topological polar surface area (TPSA) is 115 Å². The fraction of sp³-hybridized carbons (Fsp3) is 0.333. The Hall–Kier alpha value is -2.99. The molecule has 9 nitrogen and oxygen atoms in total. The highest BCUT2D eigenvalue weighted by Crippen LogP contribution is 2.21. The summed E-state index contributed by atoms with van der Waals surface area (Å²) in [6.45, 7) is -0.152. The van der Waals surface area contributed by atoms with Crippen molar-refractivity contribution in [3.05, 3.63) is 47.8 Å². The average Bonchev–Trinajstić information content (AvgIpc) is 3.10. The number of aromatic nitrogens is 1. The molecule has 0 saturated carbocycles. The average molecular weight is 442 g/mol. The summed E-state index contributed by atoms with van der Waals surface area (Å²) in [6, 6.07) is 3.96. The van der Waals surface area contributed by atoms with Crippen molar-refractivity contribution in [3.63, 3.8) is 0 Å². The van der Waals surface area contributed by atoms with Gasteiger partial charge in [0.25, 0.3) is 11.8 Å². The number of ether oxygens (including phenoxy) is 1. The smallest absolute Gasteiger partial charge is 0.265 e. The largest absolute Gasteiger partial charge is 0.481 e. The quantitative estimate of drug-likeness (QED) is 0.692. The van der Waals surface area contributed by atoms with Crippen LogP contribution in [0.15, 0.2) is 35.4 Å². The predicted octanol–water partition coefficient (Wildman–Crippen LogP) is 0.314. The Kier molecular flexibility index (Phi) is 6.08. The molecule has 162 valence electrons. The standard InChI is InChI=1S/C18H20F2N4O5S/c1-22-10-13(9-15(22)18(21)26)30(27,28)24-6-4-23(5-7-24)17(25)11-29-16-3-2-12(19)8-14(16)20/h2-3,8-10H,4-7,11H2,1H3,(H2,21,26). The number of piperazine rings is 1. The Bertz CT molecular complexity index is 1080. The maximum Gasteiger partial charge on any atom is 0.265 e. The molecule has 1 fully saturated rings. The van der Waals surface area contributed by atoms with Crippen LogP contribution < -0.4 is 10.5 Å². The van der Waals surface area contributed by atoms with Crippen molar-refractivity contribution in [2.24, 2.45) is 12.8 Å². The minimum absolute atomic E-state index is 0.0415. The van der Waals surface area contributed by atoms with Crippen LogP contribution in [0.2, 0.25) is 0 Å². The van der Waals surface area contributed by atoms with Gasteiger partial charge < -0.3 is 19.9 Å². The van der Waals surface area contributed by atoms with Crippen LogP contribution in [0.5, 0.6) is 5.75 Å². The van der Waals surface area contributed by atoms with E-state index < -0.39 is 40.1 Å². The Morgan fingerprint density at radius 3 is 2.37 bits per heavy atom. The third-order valence-corrected chi connectivity index (χ3v) is 6.57. The summed E-state index contributed by atoms with van der Waals surface area (Å²) in [4.78, 5) is 25.0. The molecule has 2 heterocycles. The Morgan fingerprint density at radius 1 is 1.13 bits per heavy atom. The molecule has 0 aliphatic carbocycles. The summed E-state index contributed by atoms with van der Waals surface area (Å²) < 4.78 is 59.7. The van der Waals surface area contributed by atoms with Crippen LogP contribution in [0.1, 0.15) is 10.5 Å². The number of hydrogen-bond donors (Lipinski definition) is 1. The molecule has 0 radical (unpaired) electrons. The minimum atomic E-state index is -3.86. The number of sulfonamides is 1. The number of nitrogens with two attached hydrogens (primary N) is 1. The number of benzene rings is 1. The van der Waals surface area contributed by atoms with Crippen molar-refractivity contribution in [1.29, 1.82) is 0 Å². The van der Waals surface area contributed by atoms with Crippen LogP contribution in [-0.2, 0) is 21.9 Å². The molecule has 2 amide bonds. The maximum atomic E-state index is 13.6. The molecule has 1 aliphatic heterocycles. The third kappa shape index (κ3) is 4.44. The number of aryl methyl sites for hydroxylation is 1. The molecular weight excluding hydrogens is 422 g/mol. The lowest BCUT2D eigenvalue weighted by Gasteiger charge is -2.33. The lowest BCUT2D eigenvalue weighted by Crippen LogP contribution is -2.51. The first-order valence-corrected chi connectivity index (χ1v) is 10.4. The molecule has 2 aromatic rings. The SMILES string of the molecule is Cn1cc(S(=O)(=O)N2CCN(C(=O)COc3ccc(F)cc3F)CC2)cc1C(N)=O. The second-order valence-electron chi connectivity index (χ2n) is 6.68. The van der Waals surface area contributed by atoms with Crippen molar-refractivity contribution in [2.45, 2.75) is 4.90 Å². The lowest BCUT2D eigenvalue weighted by atomic mass is 10.3. The van der Waals surface area contributed by atoms with E-state index in [1.807, 2.05) is 0 Å². The molecule has 3 rings (SSSR count). The first-order valence-electron chi connectivity index (χ1n) is 8.91. The van der Waals surface area contributed by atoms with E-state index in [1.54, 1.807) is 0 Å². The zero-order valence-corrected chi connectivity index (χ0v) is 16.9. The molecular formula is C18H20F2N4O5S. The van der Waals surface area contributed by atoms with Crippen LogP contribution in [-0.4, -0.2) is 66.8 Å². The van der Waals surface area contributed by atoms with Gasteiger partial charge in [0.15, 0.2) is 18.2 Å². The van der Waals surface area contributed by atoms with Crippen molar-refractivity contribution in [1.82, 2.24) is 13.8 Å². The minimum Gasteiger partial charge on any atom is -0.481 e. The summed E-state index contributed by atoms with van der Waals surface area (Å²) in [6.07, 6.45) is 1.30. The summed E-state index contributed by atoms with van der Waals surface area (Å²) in [5.74, 6) is -3.12. The van der Waals surface area contributed by atoms with E-state index in [2.05, 4.69) is 0 Å². The lowest BCUT2D eigenvalue weighted by molar-refractivity contribution is -0.134. The summed E-state index contributed by atoms with van der Waals surface area (Å²) in [7, 11) is -2.35. The summed E-state index contributed by atoms with van der Waals surface area (Å²) in [5, 5.41) is 0. The van der Waals surface area contributed by atoms with Crippen LogP contribution in [0.3, 0.4) is 0 Å². The van der Waals surface area contributed by atoms with E-state index in [-0.39, 0.29) is 42.5 Å². The summed E-state index contributed by atoms with van der Waals surface area (Å²) in [5.41, 5.74) is 5.28. The van der Waals surface area contributed by atoms with Crippen LogP contribution in [0, 0.1) is 11.6 Å². The molecule has 1 aliphatic rings. The molecule has 0 bridgehead atoms. The van der Waals surface area contributed by atoms with Gasteiger partial charge in [0, 0.05) is 45.5 Å². The highest BCUT2D eigenvalue weighted by molar-refractivity contribution is 7.89. The van der Waals surface area contributed by atoms with Crippen LogP contribution in [0.25, 0.3) is 0 Å². The third-order valence-electron chi connectivity index (χ3n) is 4.71. The first kappa shape index (κ1) is 21.7. The fourth-order valence-corrected chi connectivity index (χ4v) is 4.56. The van der Waals surface area contributed by atoms with Crippen molar-refractivity contribution >= 4 is 21.8 Å². The Balaban J connectivity index is 1.59. The number of amides is 2. The molecule has 0 unspecified atom stereocenters. The van der Waals surface area contributed by atoms with Gasteiger partial charge in [0.2, 0.25) is 10.0 Å². The highest BCUT2D eigenvalue weighted by atomic mass is 32.2. The van der Waals surface area contributed by atoms with E-state index in [0.29, 0.717) is 6.07 Å². The van der Waals surface area contributed by atoms with Crippen LogP contribution >= 0.6 is 0 Å². The first-order chi connectivity index (χ1) is 14.1. The fourth-order valence-electron chi connectivity index (χ4n) is 3.07. The molecule has 1 aromatic heterocycles. The van der Waals surface area contributed by atoms with Crippen molar-refractivity contribution < 1.29 is 31.5 Å². The van der Waals surface area contributed by atoms with Gasteiger partial charge in [-0.3, -0.25) is 9.59 Å². The van der Waals surface area contributed by atoms with Gasteiger partial charge in [-0.05, 0) is 18.2 Å². The van der Waals surface area contributed by atoms with E-state index >= 15 is 0 Å². The number of carbonyl (C=O) groups excluding carboxylic acids is 2. The van der Waals surface area contributed by atoms with Crippen molar-refractivity contribution in [2.75, 3.05) is 32.8 Å². The highest BCUT2D eigenvalue weighted by Gasteiger charge is 2.31. The normalized spacial score (nSPS) is 15.2.